The highest BCUT2D eigenvalue weighted by molar-refractivity contribution is 6.74. The summed E-state index contributed by atoms with van der Waals surface area (Å²) in [6.07, 6.45) is 19.9. The Hall–Kier alpha value is -3.93. The first-order valence-corrected chi connectivity index (χ1v) is 39.6. The number of amides is 6. The van der Waals surface area contributed by atoms with E-state index in [0.717, 1.165) is 142 Å². The van der Waals surface area contributed by atoms with Crippen molar-refractivity contribution >= 4 is 75.3 Å². The quantitative estimate of drug-likeness (QED) is 0.0382. The summed E-state index contributed by atoms with van der Waals surface area (Å²) in [4.78, 5) is 70.7. The zero-order valence-corrected chi connectivity index (χ0v) is 62.9. The highest BCUT2D eigenvalue weighted by Gasteiger charge is 2.46. The predicted molar refractivity (Wildman–Crippen MR) is 375 cm³/mol. The van der Waals surface area contributed by atoms with Crippen LogP contribution in [-0.2, 0) is 37.6 Å². The number of carbonyl (C=O) groups is 6. The Morgan fingerprint density at radius 2 is 0.791 bits per heavy atom. The summed E-state index contributed by atoms with van der Waals surface area (Å²) in [5, 5.41) is 40.9. The Kier molecular flexibility index (Phi) is 34.4. The summed E-state index contributed by atoms with van der Waals surface area (Å²) >= 11 is 11.4. The normalized spacial score (nSPS) is 27.1. The molecule has 0 aromatic heterocycles. The molecule has 0 bridgehead atoms. The van der Waals surface area contributed by atoms with Crippen LogP contribution in [0.15, 0.2) is 72.8 Å². The molecule has 6 fully saturated rings. The van der Waals surface area contributed by atoms with Gasteiger partial charge < -0.3 is 24.8 Å². The van der Waals surface area contributed by atoms with E-state index < -0.39 is 32.9 Å². The van der Waals surface area contributed by atoms with Crippen LogP contribution in [0.3, 0.4) is 0 Å². The molecule has 0 radical (unpaired) electrons. The smallest absolute Gasteiger partial charge is 0.252 e. The van der Waals surface area contributed by atoms with Gasteiger partial charge in [-0.25, -0.2) is 15.2 Å². The summed E-state index contributed by atoms with van der Waals surface area (Å²) < 4.78 is 12.4. The van der Waals surface area contributed by atoms with E-state index in [1.54, 1.807) is 6.08 Å². The fourth-order valence-corrected chi connectivity index (χ4v) is 14.8. The number of hydroxylamine groups is 6. The first-order chi connectivity index (χ1) is 41.7. The van der Waals surface area contributed by atoms with Crippen molar-refractivity contribution in [1.29, 1.82) is 0 Å². The Labute approximate surface area is 562 Å². The standard InChI is InChI=1S/C16H31NO3Si.C16H31NO2Si.C10H17NO2.C10H17NO.C9H14ClNO2.C9H14ClNO/c1-7-9-16(10-8-12-17(19)14(16)18)11-13-20-21(5,6)15(2,3)4;1-7-9-16(10-8-12-17-14(16)18)11-13-19-20(5,6)15(2,3)4;1-8(2)7-10(3)5-4-6-11(13)9(10)12;1-8(2)7-10(3)5-4-6-11-9(10)12;1-7(10)6-9(2)4-3-5-11(13)8(9)12;1-7(10)6-9(2)4-3-5-11-8(9)12/h7,19H,1,8-13H2,2-6H3;7H,1,8-13H2,2-6H3,(H,17,18);13H,1,4-7H2,2-3H3;1,4-7H2,2-3H3,(H,11,12);13H,1,3-6H2,2H3;1,3-6H2,2H3,(H,11,12)/t2*16-;2*10-;2*9-/m110000/s1. The number of piperidine rings is 6. The van der Waals surface area contributed by atoms with Gasteiger partial charge >= 0.3 is 0 Å². The molecule has 6 N–H and O–H groups in total. The third kappa shape index (κ3) is 26.7. The number of carbonyl (C=O) groups excluding carboxylic acids is 6. The van der Waals surface area contributed by atoms with E-state index in [1.807, 2.05) is 47.6 Å². The van der Waals surface area contributed by atoms with Gasteiger partial charge in [-0.05, 0) is 179 Å². The van der Waals surface area contributed by atoms with Crippen LogP contribution in [0.4, 0.5) is 0 Å². The summed E-state index contributed by atoms with van der Waals surface area (Å²) in [5.41, 5.74) is -0.244. The summed E-state index contributed by atoms with van der Waals surface area (Å²) in [7, 11) is -3.52. The maximum absolute atomic E-state index is 12.4. The number of hydrogen-bond donors (Lipinski definition) is 6. The molecule has 522 valence electrons. The molecule has 0 aromatic carbocycles. The third-order valence-electron chi connectivity index (χ3n) is 19.8. The second kappa shape index (κ2) is 36.8. The largest absolute Gasteiger partial charge is 0.417 e. The molecule has 6 aliphatic rings. The van der Waals surface area contributed by atoms with Gasteiger partial charge in [0.25, 0.3) is 17.7 Å². The lowest BCUT2D eigenvalue weighted by Crippen LogP contribution is -2.48. The second-order valence-corrected chi connectivity index (χ2v) is 41.5. The van der Waals surface area contributed by atoms with Crippen LogP contribution in [0.5, 0.6) is 0 Å². The summed E-state index contributed by atoms with van der Waals surface area (Å²) in [6, 6.07) is 0. The summed E-state index contributed by atoms with van der Waals surface area (Å²) in [5.74, 6) is -0.107. The first kappa shape index (κ1) is 85.1. The van der Waals surface area contributed by atoms with Crippen LogP contribution >= 0.6 is 23.2 Å². The van der Waals surface area contributed by atoms with Crippen LogP contribution < -0.4 is 16.0 Å². The minimum atomic E-state index is -1.80. The van der Waals surface area contributed by atoms with E-state index in [2.05, 4.69) is 123 Å². The van der Waals surface area contributed by atoms with Crippen molar-refractivity contribution in [2.75, 3.05) is 52.5 Å². The van der Waals surface area contributed by atoms with Crippen molar-refractivity contribution in [2.45, 2.75) is 248 Å². The maximum Gasteiger partial charge on any atom is 0.252 e. The van der Waals surface area contributed by atoms with Gasteiger partial charge in [0.05, 0.1) is 32.5 Å². The number of nitrogens with zero attached hydrogens (tertiary/aromatic N) is 3. The van der Waals surface area contributed by atoms with Crippen LogP contribution in [0.25, 0.3) is 0 Å². The van der Waals surface area contributed by atoms with E-state index in [-0.39, 0.29) is 61.8 Å². The van der Waals surface area contributed by atoms with Gasteiger partial charge in [-0.2, -0.15) is 0 Å². The van der Waals surface area contributed by atoms with Crippen molar-refractivity contribution in [3.63, 3.8) is 0 Å². The van der Waals surface area contributed by atoms with Gasteiger partial charge in [-0.1, -0.05) is 129 Å². The number of allylic oxidation sites excluding steroid dienone is 6. The van der Waals surface area contributed by atoms with Crippen molar-refractivity contribution < 1.29 is 53.2 Å². The lowest BCUT2D eigenvalue weighted by atomic mass is 9.74. The molecule has 0 unspecified atom stereocenters. The van der Waals surface area contributed by atoms with Crippen molar-refractivity contribution in [2.24, 2.45) is 32.5 Å². The molecule has 91 heavy (non-hydrogen) atoms. The Balaban J connectivity index is 0.000000555. The fourth-order valence-electron chi connectivity index (χ4n) is 12.2. The number of halogens is 2. The van der Waals surface area contributed by atoms with Crippen molar-refractivity contribution in [1.82, 2.24) is 31.1 Å². The molecule has 0 spiro atoms. The fraction of sp³-hybridized carbons (Fsp3) is 0.743. The SMILES string of the molecule is C=C(C)C[C@]1(C)CCCN(O)C1=O.C=C(C)C[C@]1(C)CCCNC1=O.C=C(Cl)C[C@]1(C)CCCN(O)C1=O.C=C(Cl)C[C@]1(C)CCCNC1=O.C=CC[C@]1(CCO[Si](C)(C)C(C)(C)C)CCCN(O)C1=O.C=CC[C@]1(CCO[Si](C)(C)C(C)(C)C)CCCNC1=O. The maximum atomic E-state index is 12.4. The van der Waals surface area contributed by atoms with E-state index >= 15 is 0 Å². The molecular formula is C70H124Cl2N6O11Si2. The van der Waals surface area contributed by atoms with Gasteiger partial charge in [0, 0.05) is 62.5 Å². The van der Waals surface area contributed by atoms with Gasteiger partial charge in [0.2, 0.25) is 17.7 Å². The molecule has 6 amide bonds. The average Bonchev–Trinajstić information content (AvgIpc) is 1.91. The minimum Gasteiger partial charge on any atom is -0.417 e. The molecule has 0 aliphatic carbocycles. The van der Waals surface area contributed by atoms with Crippen LogP contribution in [0, 0.1) is 32.5 Å². The van der Waals surface area contributed by atoms with E-state index in [4.69, 9.17) is 32.1 Å². The molecule has 17 nitrogen and oxygen atoms in total. The van der Waals surface area contributed by atoms with Gasteiger partial charge in [-0.3, -0.25) is 44.4 Å². The Morgan fingerprint density at radius 3 is 1.15 bits per heavy atom. The predicted octanol–water partition coefficient (Wildman–Crippen LogP) is 15.9. The molecule has 6 aliphatic heterocycles. The lowest BCUT2D eigenvalue weighted by molar-refractivity contribution is -0.186. The van der Waals surface area contributed by atoms with E-state index in [9.17, 15) is 44.4 Å². The molecular weight excluding hydrogens is 1230 g/mol. The van der Waals surface area contributed by atoms with Gasteiger partial charge in [-0.15, -0.1) is 26.3 Å². The zero-order valence-electron chi connectivity index (χ0n) is 59.4. The van der Waals surface area contributed by atoms with Gasteiger partial charge in [0.15, 0.2) is 16.6 Å². The average molecular weight is 1350 g/mol. The molecule has 6 rings (SSSR count). The molecule has 0 saturated carbocycles. The Bertz CT molecular complexity index is 2420. The molecule has 21 heteroatoms. The molecule has 6 saturated heterocycles. The third-order valence-corrected chi connectivity index (χ3v) is 29.2. The van der Waals surface area contributed by atoms with E-state index in [0.29, 0.717) is 75.0 Å². The van der Waals surface area contributed by atoms with Crippen LogP contribution in [0.2, 0.25) is 36.3 Å². The van der Waals surface area contributed by atoms with Crippen LogP contribution in [-0.4, -0.2) is 135 Å². The highest BCUT2D eigenvalue weighted by atomic mass is 35.5. The molecule has 6 atom stereocenters. The molecule has 6 heterocycles. The zero-order chi connectivity index (χ0) is 70.3. The number of rotatable bonds is 20. The van der Waals surface area contributed by atoms with E-state index in [1.165, 1.54) is 0 Å². The number of hydrogen-bond acceptors (Lipinski definition) is 11. The van der Waals surface area contributed by atoms with Gasteiger partial charge in [0.1, 0.15) is 0 Å². The van der Waals surface area contributed by atoms with Crippen LogP contribution in [0.1, 0.15) is 212 Å². The van der Waals surface area contributed by atoms with Crippen molar-refractivity contribution in [3.8, 4) is 0 Å². The number of nitrogens with one attached hydrogen (secondary N) is 3. The van der Waals surface area contributed by atoms with Crippen molar-refractivity contribution in [3.05, 3.63) is 72.8 Å². The lowest BCUT2D eigenvalue weighted by Gasteiger charge is -2.40. The highest BCUT2D eigenvalue weighted by Crippen LogP contribution is 2.43. The first-order valence-electron chi connectivity index (χ1n) is 33.0. The monoisotopic (exact) mass is 1350 g/mol. The second-order valence-electron chi connectivity index (χ2n) is 30.8. The minimum absolute atomic E-state index is 0.107. The molecule has 0 aromatic rings. The topological polar surface area (TPSA) is 227 Å². The summed E-state index contributed by atoms with van der Waals surface area (Å²) in [6.45, 7) is 61.3. The Morgan fingerprint density at radius 1 is 0.495 bits per heavy atom.